The molecule has 0 bridgehead atoms. The first-order valence-corrected chi connectivity index (χ1v) is 8.77. The van der Waals surface area contributed by atoms with Gasteiger partial charge in [-0.05, 0) is 30.5 Å². The monoisotopic (exact) mass is 352 g/mol. The van der Waals surface area contributed by atoms with E-state index in [1.807, 2.05) is 24.4 Å². The predicted molar refractivity (Wildman–Crippen MR) is 99.3 cm³/mol. The van der Waals surface area contributed by atoms with Crippen molar-refractivity contribution >= 4 is 38.4 Å². The molecule has 0 aliphatic heterocycles. The summed E-state index contributed by atoms with van der Waals surface area (Å²) in [4.78, 5) is 35.4. The molecule has 1 amide bonds. The highest BCUT2D eigenvalue weighted by molar-refractivity contribution is 7.20. The highest BCUT2D eigenvalue weighted by atomic mass is 32.1. The van der Waals surface area contributed by atoms with Gasteiger partial charge in [0.15, 0.2) is 0 Å². The number of H-pyrrole nitrogens is 2. The van der Waals surface area contributed by atoms with Gasteiger partial charge in [-0.15, -0.1) is 11.3 Å². The number of fused-ring (bicyclic) bond motifs is 2. The molecule has 3 heterocycles. The van der Waals surface area contributed by atoms with E-state index in [4.69, 9.17) is 0 Å². The van der Waals surface area contributed by atoms with E-state index < -0.39 is 0 Å². The van der Waals surface area contributed by atoms with Gasteiger partial charge < -0.3 is 15.3 Å². The number of benzene rings is 1. The predicted octanol–water partition coefficient (Wildman–Crippen LogP) is 2.75. The van der Waals surface area contributed by atoms with E-state index >= 15 is 0 Å². The number of carbonyl (C=O) groups excluding carboxylic acids is 1. The lowest BCUT2D eigenvalue weighted by atomic mass is 10.1. The number of hydrogen-bond donors (Lipinski definition) is 3. The summed E-state index contributed by atoms with van der Waals surface area (Å²) in [5.74, 6) is -0.167. The van der Waals surface area contributed by atoms with Crippen molar-refractivity contribution in [3.63, 3.8) is 0 Å². The molecule has 0 aliphatic rings. The van der Waals surface area contributed by atoms with E-state index in [1.54, 1.807) is 6.92 Å². The number of carbonyl (C=O) groups is 1. The van der Waals surface area contributed by atoms with Crippen LogP contribution in [0.1, 0.15) is 20.8 Å². The zero-order valence-corrected chi connectivity index (χ0v) is 14.4. The minimum absolute atomic E-state index is 0.167. The quantitative estimate of drug-likeness (QED) is 0.527. The molecule has 0 aliphatic carbocycles. The largest absolute Gasteiger partial charge is 0.361 e. The Balaban J connectivity index is 1.50. The Morgan fingerprint density at radius 2 is 2.12 bits per heavy atom. The molecule has 0 radical (unpaired) electrons. The fraction of sp³-hybridized carbons (Fsp3) is 0.167. The summed E-state index contributed by atoms with van der Waals surface area (Å²) in [6.07, 6.45) is 4.07. The number of hydrogen-bond acceptors (Lipinski definition) is 4. The zero-order valence-electron chi connectivity index (χ0n) is 13.6. The van der Waals surface area contributed by atoms with Crippen molar-refractivity contribution in [1.82, 2.24) is 20.3 Å². The van der Waals surface area contributed by atoms with Crippen molar-refractivity contribution in [2.45, 2.75) is 13.3 Å². The highest BCUT2D eigenvalue weighted by Crippen LogP contribution is 2.26. The molecular formula is C18H16N4O2S. The summed E-state index contributed by atoms with van der Waals surface area (Å²) >= 11 is 1.25. The fourth-order valence-electron chi connectivity index (χ4n) is 3.02. The van der Waals surface area contributed by atoms with Gasteiger partial charge in [0.25, 0.3) is 11.5 Å². The molecule has 0 fully saturated rings. The van der Waals surface area contributed by atoms with E-state index in [-0.39, 0.29) is 11.5 Å². The van der Waals surface area contributed by atoms with Gasteiger partial charge in [-0.1, -0.05) is 18.2 Å². The standard InChI is InChI=1S/C18H16N4O2S/c1-10-14-16(23)21-9-22-18(14)25-15(10)17(24)19-7-6-11-8-20-13-5-3-2-4-12(11)13/h2-5,8-9,20H,6-7H2,1H3,(H,19,24)(H,21,22,23). The topological polar surface area (TPSA) is 90.6 Å². The zero-order chi connectivity index (χ0) is 17.4. The first-order valence-electron chi connectivity index (χ1n) is 7.95. The minimum Gasteiger partial charge on any atom is -0.361 e. The Bertz CT molecular complexity index is 1140. The lowest BCUT2D eigenvalue weighted by Crippen LogP contribution is -2.25. The van der Waals surface area contributed by atoms with Crippen LogP contribution in [0.25, 0.3) is 21.1 Å². The molecule has 6 nitrogen and oxygen atoms in total. The Morgan fingerprint density at radius 1 is 1.28 bits per heavy atom. The average molecular weight is 352 g/mol. The molecular weight excluding hydrogens is 336 g/mol. The molecule has 4 aromatic rings. The molecule has 7 heteroatoms. The number of thiophene rings is 1. The fourth-order valence-corrected chi connectivity index (χ4v) is 4.09. The van der Waals surface area contributed by atoms with E-state index in [2.05, 4.69) is 26.3 Å². The van der Waals surface area contributed by atoms with Gasteiger partial charge in [-0.25, -0.2) is 4.98 Å². The number of rotatable bonds is 4. The normalized spacial score (nSPS) is 11.2. The first kappa shape index (κ1) is 15.6. The lowest BCUT2D eigenvalue weighted by Gasteiger charge is -2.04. The van der Waals surface area contributed by atoms with E-state index in [0.29, 0.717) is 27.2 Å². The third kappa shape index (κ3) is 2.72. The minimum atomic E-state index is -0.211. The molecule has 1 aromatic carbocycles. The number of aromatic nitrogens is 3. The molecule has 3 N–H and O–H groups in total. The van der Waals surface area contributed by atoms with Gasteiger partial charge in [0.2, 0.25) is 0 Å². The van der Waals surface area contributed by atoms with Crippen molar-refractivity contribution in [2.24, 2.45) is 0 Å². The van der Waals surface area contributed by atoms with Crippen LogP contribution in [0, 0.1) is 6.92 Å². The molecule has 0 saturated carbocycles. The lowest BCUT2D eigenvalue weighted by molar-refractivity contribution is 0.0957. The maximum atomic E-state index is 12.5. The molecule has 25 heavy (non-hydrogen) atoms. The Morgan fingerprint density at radius 3 is 2.96 bits per heavy atom. The maximum Gasteiger partial charge on any atom is 0.261 e. The molecule has 0 unspecified atom stereocenters. The summed E-state index contributed by atoms with van der Waals surface area (Å²) in [6.45, 7) is 2.31. The Kier molecular flexibility index (Phi) is 3.85. The third-order valence-corrected chi connectivity index (χ3v) is 5.49. The van der Waals surface area contributed by atoms with Crippen LogP contribution in [0.5, 0.6) is 0 Å². The van der Waals surface area contributed by atoms with Crippen molar-refractivity contribution in [2.75, 3.05) is 6.54 Å². The van der Waals surface area contributed by atoms with Crippen LogP contribution >= 0.6 is 11.3 Å². The van der Waals surface area contributed by atoms with Gasteiger partial charge in [-0.2, -0.15) is 0 Å². The van der Waals surface area contributed by atoms with E-state index in [9.17, 15) is 9.59 Å². The molecule has 3 aromatic heterocycles. The number of nitrogens with zero attached hydrogens (tertiary/aromatic N) is 1. The smallest absolute Gasteiger partial charge is 0.261 e. The summed E-state index contributed by atoms with van der Waals surface area (Å²) in [5, 5.41) is 4.61. The van der Waals surface area contributed by atoms with Crippen LogP contribution < -0.4 is 10.9 Å². The highest BCUT2D eigenvalue weighted by Gasteiger charge is 2.18. The Labute approximate surface area is 146 Å². The SMILES string of the molecule is Cc1c(C(=O)NCCc2c[nH]c3ccccc23)sc2nc[nH]c(=O)c12. The van der Waals surface area contributed by atoms with E-state index in [1.165, 1.54) is 28.6 Å². The van der Waals surface area contributed by atoms with Gasteiger partial charge >= 0.3 is 0 Å². The number of aryl methyl sites for hydroxylation is 1. The first-order chi connectivity index (χ1) is 12.1. The van der Waals surface area contributed by atoms with E-state index in [0.717, 1.165) is 11.9 Å². The van der Waals surface area contributed by atoms with Crippen molar-refractivity contribution < 1.29 is 4.79 Å². The Hall–Kier alpha value is -2.93. The summed E-state index contributed by atoms with van der Waals surface area (Å²) in [7, 11) is 0. The molecule has 0 spiro atoms. The van der Waals surface area contributed by atoms with Crippen LogP contribution in [0.3, 0.4) is 0 Å². The van der Waals surface area contributed by atoms with Gasteiger partial charge in [0.05, 0.1) is 16.6 Å². The van der Waals surface area contributed by atoms with Crippen LogP contribution in [-0.4, -0.2) is 27.4 Å². The summed E-state index contributed by atoms with van der Waals surface area (Å²) < 4.78 is 0. The van der Waals surface area contributed by atoms with Gasteiger partial charge in [0.1, 0.15) is 4.83 Å². The summed E-state index contributed by atoms with van der Waals surface area (Å²) in [5.41, 5.74) is 2.73. The second-order valence-electron chi connectivity index (χ2n) is 5.83. The molecule has 126 valence electrons. The van der Waals surface area contributed by atoms with Crippen LogP contribution in [-0.2, 0) is 6.42 Å². The van der Waals surface area contributed by atoms with Crippen molar-refractivity contribution in [3.8, 4) is 0 Å². The van der Waals surface area contributed by atoms with Crippen molar-refractivity contribution in [1.29, 1.82) is 0 Å². The summed E-state index contributed by atoms with van der Waals surface area (Å²) in [6, 6.07) is 8.09. The van der Waals surface area contributed by atoms with Crippen molar-refractivity contribution in [3.05, 3.63) is 63.1 Å². The number of nitrogens with one attached hydrogen (secondary N) is 3. The van der Waals surface area contributed by atoms with Crippen LogP contribution in [0.2, 0.25) is 0 Å². The third-order valence-electron chi connectivity index (χ3n) is 4.29. The second kappa shape index (κ2) is 6.18. The molecule has 0 atom stereocenters. The maximum absolute atomic E-state index is 12.5. The number of amides is 1. The van der Waals surface area contributed by atoms with Crippen LogP contribution in [0.4, 0.5) is 0 Å². The van der Waals surface area contributed by atoms with Gasteiger partial charge in [-0.3, -0.25) is 9.59 Å². The van der Waals surface area contributed by atoms with Crippen LogP contribution in [0.15, 0.2) is 41.6 Å². The van der Waals surface area contributed by atoms with Gasteiger partial charge in [0, 0.05) is 23.6 Å². The second-order valence-corrected chi connectivity index (χ2v) is 6.83. The molecule has 0 saturated heterocycles. The number of para-hydroxylation sites is 1. The number of aromatic amines is 2. The average Bonchev–Trinajstić information content (AvgIpc) is 3.17. The molecule has 4 rings (SSSR count).